The molecule has 0 fully saturated rings. The number of aromatic amines is 1. The third-order valence-electron chi connectivity index (χ3n) is 3.06. The van der Waals surface area contributed by atoms with Crippen molar-refractivity contribution in [2.45, 2.75) is 13.2 Å². The van der Waals surface area contributed by atoms with E-state index in [0.29, 0.717) is 13.2 Å². The fraction of sp³-hybridized carbons (Fsp3) is 0.200. The van der Waals surface area contributed by atoms with Gasteiger partial charge < -0.3 is 15.0 Å². The number of nitrogens with one attached hydrogen (secondary N) is 2. The lowest BCUT2D eigenvalue weighted by Crippen LogP contribution is -2.03. The first-order chi connectivity index (χ1) is 9.85. The van der Waals surface area contributed by atoms with Crippen molar-refractivity contribution in [1.29, 1.82) is 0 Å². The molecular weight excluding hydrogens is 252 g/mol. The van der Waals surface area contributed by atoms with Crippen molar-refractivity contribution in [3.63, 3.8) is 0 Å². The van der Waals surface area contributed by atoms with E-state index in [-0.39, 0.29) is 0 Å². The highest BCUT2D eigenvalue weighted by molar-refractivity contribution is 5.80. The summed E-state index contributed by atoms with van der Waals surface area (Å²) in [6, 6.07) is 12.3. The van der Waals surface area contributed by atoms with Gasteiger partial charge in [0.15, 0.2) is 0 Å². The average molecular weight is 268 g/mol. The SMILES string of the molecule is COCc1cc(NCc2cc3ccccc3[nH]2)ncn1. The van der Waals surface area contributed by atoms with Crippen LogP contribution in [0.2, 0.25) is 0 Å². The first-order valence-corrected chi connectivity index (χ1v) is 6.45. The molecule has 1 aromatic carbocycles. The summed E-state index contributed by atoms with van der Waals surface area (Å²) in [4.78, 5) is 11.7. The zero-order valence-corrected chi connectivity index (χ0v) is 11.3. The molecule has 0 radical (unpaired) electrons. The van der Waals surface area contributed by atoms with Crippen molar-refractivity contribution < 1.29 is 4.74 Å². The molecule has 2 heterocycles. The zero-order chi connectivity index (χ0) is 13.8. The molecule has 0 bridgehead atoms. The summed E-state index contributed by atoms with van der Waals surface area (Å²) in [5.74, 6) is 0.797. The van der Waals surface area contributed by atoms with Gasteiger partial charge in [-0.25, -0.2) is 9.97 Å². The minimum absolute atomic E-state index is 0.490. The number of rotatable bonds is 5. The molecule has 0 amide bonds. The summed E-state index contributed by atoms with van der Waals surface area (Å²) in [6.45, 7) is 1.18. The monoisotopic (exact) mass is 268 g/mol. The molecule has 0 aliphatic carbocycles. The lowest BCUT2D eigenvalue weighted by Gasteiger charge is -2.05. The van der Waals surface area contributed by atoms with Crippen LogP contribution in [0.15, 0.2) is 42.7 Å². The second-order valence-electron chi connectivity index (χ2n) is 4.56. The van der Waals surface area contributed by atoms with Gasteiger partial charge in [-0.05, 0) is 17.5 Å². The van der Waals surface area contributed by atoms with Crippen LogP contribution in [0.1, 0.15) is 11.4 Å². The van der Waals surface area contributed by atoms with Gasteiger partial charge in [-0.3, -0.25) is 0 Å². The topological polar surface area (TPSA) is 62.8 Å². The third-order valence-corrected chi connectivity index (χ3v) is 3.06. The number of hydrogen-bond acceptors (Lipinski definition) is 4. The van der Waals surface area contributed by atoms with Gasteiger partial charge in [0.2, 0.25) is 0 Å². The van der Waals surface area contributed by atoms with Gasteiger partial charge in [0.25, 0.3) is 0 Å². The molecule has 5 nitrogen and oxygen atoms in total. The maximum atomic E-state index is 5.06. The van der Waals surface area contributed by atoms with Crippen LogP contribution in [-0.2, 0) is 17.9 Å². The Morgan fingerprint density at radius 1 is 1.20 bits per heavy atom. The molecule has 5 heteroatoms. The van der Waals surface area contributed by atoms with Gasteiger partial charge in [-0.15, -0.1) is 0 Å². The van der Waals surface area contributed by atoms with E-state index in [4.69, 9.17) is 4.74 Å². The van der Waals surface area contributed by atoms with E-state index in [1.165, 1.54) is 5.39 Å². The van der Waals surface area contributed by atoms with Crippen molar-refractivity contribution in [3.8, 4) is 0 Å². The molecule has 2 aromatic heterocycles. The Balaban J connectivity index is 1.71. The van der Waals surface area contributed by atoms with Crippen LogP contribution < -0.4 is 5.32 Å². The Kier molecular flexibility index (Phi) is 3.60. The number of aromatic nitrogens is 3. The molecule has 20 heavy (non-hydrogen) atoms. The predicted octanol–water partition coefficient (Wildman–Crippen LogP) is 2.72. The zero-order valence-electron chi connectivity index (χ0n) is 11.3. The van der Waals surface area contributed by atoms with Crippen LogP contribution in [0.5, 0.6) is 0 Å². The fourth-order valence-electron chi connectivity index (χ4n) is 2.14. The first kappa shape index (κ1) is 12.6. The predicted molar refractivity (Wildman–Crippen MR) is 78.4 cm³/mol. The smallest absolute Gasteiger partial charge is 0.130 e. The summed E-state index contributed by atoms with van der Waals surface area (Å²) in [5, 5.41) is 4.50. The molecule has 102 valence electrons. The number of H-pyrrole nitrogens is 1. The summed E-state index contributed by atoms with van der Waals surface area (Å²) >= 11 is 0. The molecule has 0 aliphatic rings. The molecule has 3 rings (SSSR count). The highest BCUT2D eigenvalue weighted by atomic mass is 16.5. The van der Waals surface area contributed by atoms with E-state index >= 15 is 0 Å². The van der Waals surface area contributed by atoms with Gasteiger partial charge in [-0.2, -0.15) is 0 Å². The van der Waals surface area contributed by atoms with E-state index in [1.54, 1.807) is 13.4 Å². The van der Waals surface area contributed by atoms with Crippen molar-refractivity contribution >= 4 is 16.7 Å². The standard InChI is InChI=1S/C15H16N4O/c1-20-9-13-7-15(18-10-17-13)16-8-12-6-11-4-2-3-5-14(11)19-12/h2-7,10,19H,8-9H2,1H3,(H,16,17,18). The molecule has 0 aliphatic heterocycles. The molecule has 3 aromatic rings. The fourth-order valence-corrected chi connectivity index (χ4v) is 2.14. The van der Waals surface area contributed by atoms with E-state index in [1.807, 2.05) is 18.2 Å². The number of fused-ring (bicyclic) bond motifs is 1. The minimum atomic E-state index is 0.490. The van der Waals surface area contributed by atoms with Crippen LogP contribution >= 0.6 is 0 Å². The lowest BCUT2D eigenvalue weighted by atomic mass is 10.2. The average Bonchev–Trinajstić information content (AvgIpc) is 2.89. The lowest BCUT2D eigenvalue weighted by molar-refractivity contribution is 0.181. The molecule has 0 spiro atoms. The molecule has 0 saturated heterocycles. The number of benzene rings is 1. The Hall–Kier alpha value is -2.40. The number of hydrogen-bond donors (Lipinski definition) is 2. The van der Waals surface area contributed by atoms with Gasteiger partial charge in [0.1, 0.15) is 12.1 Å². The number of nitrogens with zero attached hydrogens (tertiary/aromatic N) is 2. The van der Waals surface area contributed by atoms with Crippen molar-refractivity contribution in [2.24, 2.45) is 0 Å². The quantitative estimate of drug-likeness (QED) is 0.747. The Morgan fingerprint density at radius 2 is 2.10 bits per heavy atom. The van der Waals surface area contributed by atoms with Crippen molar-refractivity contribution in [3.05, 3.63) is 54.1 Å². The Labute approximate surface area is 117 Å². The van der Waals surface area contributed by atoms with E-state index in [2.05, 4.69) is 38.5 Å². The Bertz CT molecular complexity index is 675. The normalized spacial score (nSPS) is 10.8. The molecule has 2 N–H and O–H groups in total. The van der Waals surface area contributed by atoms with E-state index < -0.39 is 0 Å². The van der Waals surface area contributed by atoms with Crippen molar-refractivity contribution in [1.82, 2.24) is 15.0 Å². The highest BCUT2D eigenvalue weighted by Crippen LogP contribution is 2.15. The first-order valence-electron chi connectivity index (χ1n) is 6.45. The summed E-state index contributed by atoms with van der Waals surface area (Å²) in [7, 11) is 1.65. The molecule has 0 unspecified atom stereocenters. The van der Waals surface area contributed by atoms with Gasteiger partial charge in [-0.1, -0.05) is 18.2 Å². The summed E-state index contributed by atoms with van der Waals surface area (Å²) in [6.07, 6.45) is 1.54. The Morgan fingerprint density at radius 3 is 2.95 bits per heavy atom. The number of methoxy groups -OCH3 is 1. The minimum Gasteiger partial charge on any atom is -0.378 e. The summed E-state index contributed by atoms with van der Waals surface area (Å²) < 4.78 is 5.06. The number of para-hydroxylation sites is 1. The largest absolute Gasteiger partial charge is 0.378 e. The molecular formula is C15H16N4O. The number of anilines is 1. The van der Waals surface area contributed by atoms with Crippen LogP contribution in [-0.4, -0.2) is 22.1 Å². The second kappa shape index (κ2) is 5.71. The van der Waals surface area contributed by atoms with E-state index in [9.17, 15) is 0 Å². The van der Waals surface area contributed by atoms with Crippen LogP contribution in [0.25, 0.3) is 10.9 Å². The molecule has 0 saturated carbocycles. The van der Waals surface area contributed by atoms with Crippen LogP contribution in [0, 0.1) is 0 Å². The highest BCUT2D eigenvalue weighted by Gasteiger charge is 2.02. The number of ether oxygens (including phenoxy) is 1. The van der Waals surface area contributed by atoms with Gasteiger partial charge in [0.05, 0.1) is 18.8 Å². The second-order valence-corrected chi connectivity index (χ2v) is 4.56. The molecule has 0 atom stereocenters. The third kappa shape index (κ3) is 2.78. The van der Waals surface area contributed by atoms with Gasteiger partial charge in [0, 0.05) is 24.4 Å². The van der Waals surface area contributed by atoms with Crippen molar-refractivity contribution in [2.75, 3.05) is 12.4 Å². The van der Waals surface area contributed by atoms with Gasteiger partial charge >= 0.3 is 0 Å². The van der Waals surface area contributed by atoms with E-state index in [0.717, 1.165) is 22.7 Å². The maximum Gasteiger partial charge on any atom is 0.130 e. The van der Waals surface area contributed by atoms with Crippen LogP contribution in [0.3, 0.4) is 0 Å². The van der Waals surface area contributed by atoms with Crippen LogP contribution in [0.4, 0.5) is 5.82 Å². The maximum absolute atomic E-state index is 5.06. The summed E-state index contributed by atoms with van der Waals surface area (Å²) in [5.41, 5.74) is 3.13.